The van der Waals surface area contributed by atoms with Crippen LogP contribution in [0.1, 0.15) is 0 Å². The van der Waals surface area contributed by atoms with Crippen molar-refractivity contribution in [1.29, 1.82) is 0 Å². The number of rotatable bonds is 3. The molecule has 1 aromatic rings. The smallest absolute Gasteiger partial charge is 0.144 e. The van der Waals surface area contributed by atoms with Gasteiger partial charge in [0.25, 0.3) is 0 Å². The molecule has 0 unspecified atom stereocenters. The van der Waals surface area contributed by atoms with Gasteiger partial charge in [0, 0.05) is 24.8 Å². The van der Waals surface area contributed by atoms with Gasteiger partial charge in [0.2, 0.25) is 0 Å². The van der Waals surface area contributed by atoms with Gasteiger partial charge in [0.1, 0.15) is 5.75 Å². The van der Waals surface area contributed by atoms with Gasteiger partial charge in [-0.1, -0.05) is 0 Å². The molecule has 0 aromatic heterocycles. The molecule has 0 aliphatic carbocycles. The quantitative estimate of drug-likeness (QED) is 0.749. The zero-order chi connectivity index (χ0) is 12.3. The van der Waals surface area contributed by atoms with Crippen LogP contribution in [-0.2, 0) is 4.74 Å². The summed E-state index contributed by atoms with van der Waals surface area (Å²) in [6, 6.07) is 5.59. The fourth-order valence-electron chi connectivity index (χ4n) is 2.00. The van der Waals surface area contributed by atoms with Crippen molar-refractivity contribution in [2.45, 2.75) is 6.10 Å². The third kappa shape index (κ3) is 2.62. The summed E-state index contributed by atoms with van der Waals surface area (Å²) in [6.45, 7) is 2.10. The van der Waals surface area contributed by atoms with E-state index in [1.165, 1.54) is 0 Å². The SMILES string of the molecule is COc1cc(N)ccc1N1CCO[C@@H](CO)C1. The molecule has 1 heterocycles. The molecule has 1 saturated heterocycles. The molecule has 0 spiro atoms. The first-order chi connectivity index (χ1) is 8.24. The van der Waals surface area contributed by atoms with Crippen molar-refractivity contribution in [1.82, 2.24) is 0 Å². The second-order valence-electron chi connectivity index (χ2n) is 4.05. The maximum Gasteiger partial charge on any atom is 0.144 e. The monoisotopic (exact) mass is 238 g/mol. The number of anilines is 2. The molecule has 1 aliphatic rings. The summed E-state index contributed by atoms with van der Waals surface area (Å²) >= 11 is 0. The molecule has 5 heteroatoms. The fraction of sp³-hybridized carbons (Fsp3) is 0.500. The largest absolute Gasteiger partial charge is 0.495 e. The average Bonchev–Trinajstić information content (AvgIpc) is 2.38. The minimum Gasteiger partial charge on any atom is -0.495 e. The molecule has 2 rings (SSSR count). The van der Waals surface area contributed by atoms with Crippen LogP contribution in [0.2, 0.25) is 0 Å². The number of hydrogen-bond acceptors (Lipinski definition) is 5. The highest BCUT2D eigenvalue weighted by Crippen LogP contribution is 2.31. The second kappa shape index (κ2) is 5.25. The molecule has 17 heavy (non-hydrogen) atoms. The van der Waals surface area contributed by atoms with Gasteiger partial charge in [0.15, 0.2) is 0 Å². The van der Waals surface area contributed by atoms with Crippen molar-refractivity contribution < 1.29 is 14.6 Å². The van der Waals surface area contributed by atoms with Crippen LogP contribution < -0.4 is 15.4 Å². The van der Waals surface area contributed by atoms with Crippen LogP contribution in [0.4, 0.5) is 11.4 Å². The Bertz CT molecular complexity index is 384. The van der Waals surface area contributed by atoms with Crippen molar-refractivity contribution in [3.8, 4) is 5.75 Å². The van der Waals surface area contributed by atoms with Gasteiger partial charge in [0.05, 0.1) is 32.1 Å². The molecular weight excluding hydrogens is 220 g/mol. The van der Waals surface area contributed by atoms with Crippen LogP contribution in [0.25, 0.3) is 0 Å². The molecule has 3 N–H and O–H groups in total. The molecular formula is C12H18N2O3. The molecule has 1 fully saturated rings. The normalized spacial score (nSPS) is 20.4. The predicted molar refractivity (Wildman–Crippen MR) is 66.4 cm³/mol. The van der Waals surface area contributed by atoms with Gasteiger partial charge in [-0.3, -0.25) is 0 Å². The van der Waals surface area contributed by atoms with E-state index in [2.05, 4.69) is 4.90 Å². The first-order valence-electron chi connectivity index (χ1n) is 5.65. The molecule has 0 saturated carbocycles. The zero-order valence-corrected chi connectivity index (χ0v) is 9.93. The van der Waals surface area contributed by atoms with E-state index in [-0.39, 0.29) is 12.7 Å². The maximum absolute atomic E-state index is 9.12. The summed E-state index contributed by atoms with van der Waals surface area (Å²) in [5.41, 5.74) is 7.39. The lowest BCUT2D eigenvalue weighted by Crippen LogP contribution is -2.44. The van der Waals surface area contributed by atoms with Crippen LogP contribution in [0.5, 0.6) is 5.75 Å². The van der Waals surface area contributed by atoms with Crippen LogP contribution in [-0.4, -0.2) is 44.6 Å². The molecule has 1 atom stereocenters. The first-order valence-corrected chi connectivity index (χ1v) is 5.65. The standard InChI is InChI=1S/C12H18N2O3/c1-16-12-6-9(13)2-3-11(12)14-4-5-17-10(7-14)8-15/h2-3,6,10,15H,4-5,7-8,13H2,1H3/t10-/m1/s1. The van der Waals surface area contributed by atoms with Crippen LogP contribution in [0.15, 0.2) is 18.2 Å². The minimum atomic E-state index is -0.133. The lowest BCUT2D eigenvalue weighted by atomic mass is 10.2. The third-order valence-electron chi connectivity index (χ3n) is 2.89. The number of benzene rings is 1. The highest BCUT2D eigenvalue weighted by Gasteiger charge is 2.22. The fourth-order valence-corrected chi connectivity index (χ4v) is 2.00. The number of nitrogens with zero attached hydrogens (tertiary/aromatic N) is 1. The average molecular weight is 238 g/mol. The molecule has 0 radical (unpaired) electrons. The molecule has 0 bridgehead atoms. The zero-order valence-electron chi connectivity index (χ0n) is 9.93. The van der Waals surface area contributed by atoms with Gasteiger partial charge in [-0.05, 0) is 12.1 Å². The summed E-state index contributed by atoms with van der Waals surface area (Å²) in [4.78, 5) is 2.14. The predicted octanol–water partition coefficient (Wildman–Crippen LogP) is 0.475. The van der Waals surface area contributed by atoms with Crippen molar-refractivity contribution in [2.24, 2.45) is 0 Å². The number of nitrogens with two attached hydrogens (primary N) is 1. The summed E-state index contributed by atoms with van der Waals surface area (Å²) in [5.74, 6) is 0.753. The second-order valence-corrected chi connectivity index (χ2v) is 4.05. The molecule has 0 amide bonds. The molecule has 1 aromatic carbocycles. The van der Waals surface area contributed by atoms with Gasteiger partial charge >= 0.3 is 0 Å². The maximum atomic E-state index is 9.12. The van der Waals surface area contributed by atoms with Gasteiger partial charge < -0.3 is 25.2 Å². The lowest BCUT2D eigenvalue weighted by Gasteiger charge is -2.34. The number of morpholine rings is 1. The van der Waals surface area contributed by atoms with E-state index in [1.807, 2.05) is 12.1 Å². The minimum absolute atomic E-state index is 0.0355. The molecule has 1 aliphatic heterocycles. The van der Waals surface area contributed by atoms with E-state index in [0.29, 0.717) is 18.8 Å². The van der Waals surface area contributed by atoms with E-state index in [4.69, 9.17) is 20.3 Å². The summed E-state index contributed by atoms with van der Waals surface area (Å²) in [7, 11) is 1.63. The van der Waals surface area contributed by atoms with Crippen molar-refractivity contribution in [3.05, 3.63) is 18.2 Å². The van der Waals surface area contributed by atoms with Crippen molar-refractivity contribution >= 4 is 11.4 Å². The van der Waals surface area contributed by atoms with Gasteiger partial charge in [-0.2, -0.15) is 0 Å². The van der Waals surface area contributed by atoms with Crippen LogP contribution in [0, 0.1) is 0 Å². The Morgan fingerprint density at radius 3 is 3.12 bits per heavy atom. The summed E-state index contributed by atoms with van der Waals surface area (Å²) in [6.07, 6.45) is -0.133. The highest BCUT2D eigenvalue weighted by molar-refractivity contribution is 5.64. The summed E-state index contributed by atoms with van der Waals surface area (Å²) in [5, 5.41) is 9.12. The van der Waals surface area contributed by atoms with Crippen LogP contribution in [0.3, 0.4) is 0 Å². The number of methoxy groups -OCH3 is 1. The number of aliphatic hydroxyl groups is 1. The van der Waals surface area contributed by atoms with E-state index < -0.39 is 0 Å². The van der Waals surface area contributed by atoms with E-state index in [9.17, 15) is 0 Å². The van der Waals surface area contributed by atoms with Gasteiger partial charge in [-0.15, -0.1) is 0 Å². The lowest BCUT2D eigenvalue weighted by molar-refractivity contribution is 0.00347. The summed E-state index contributed by atoms with van der Waals surface area (Å²) < 4.78 is 10.7. The van der Waals surface area contributed by atoms with E-state index >= 15 is 0 Å². The Morgan fingerprint density at radius 1 is 1.59 bits per heavy atom. The van der Waals surface area contributed by atoms with Crippen molar-refractivity contribution in [2.75, 3.05) is 44.0 Å². The van der Waals surface area contributed by atoms with Crippen LogP contribution >= 0.6 is 0 Å². The molecule has 5 nitrogen and oxygen atoms in total. The Balaban J connectivity index is 2.20. The van der Waals surface area contributed by atoms with Gasteiger partial charge in [-0.25, -0.2) is 0 Å². The number of aliphatic hydroxyl groups excluding tert-OH is 1. The third-order valence-corrected chi connectivity index (χ3v) is 2.89. The Hall–Kier alpha value is -1.46. The van der Waals surface area contributed by atoms with Crippen molar-refractivity contribution in [3.63, 3.8) is 0 Å². The Labute approximate surface area is 101 Å². The number of nitrogen functional groups attached to an aromatic ring is 1. The number of ether oxygens (including phenoxy) is 2. The topological polar surface area (TPSA) is 68.0 Å². The Kier molecular flexibility index (Phi) is 3.71. The van der Waals surface area contributed by atoms with E-state index in [1.54, 1.807) is 13.2 Å². The highest BCUT2D eigenvalue weighted by atomic mass is 16.5. The van der Waals surface area contributed by atoms with E-state index in [0.717, 1.165) is 18.0 Å². The number of hydrogen-bond donors (Lipinski definition) is 2. The molecule has 94 valence electrons. The Morgan fingerprint density at radius 2 is 2.41 bits per heavy atom. The first kappa shape index (κ1) is 12.0.